The van der Waals surface area contributed by atoms with Crippen LogP contribution >= 0.6 is 11.3 Å². The number of furan rings is 1. The summed E-state index contributed by atoms with van der Waals surface area (Å²) in [5.41, 5.74) is 0.649. The van der Waals surface area contributed by atoms with Gasteiger partial charge < -0.3 is 23.9 Å². The van der Waals surface area contributed by atoms with Crippen LogP contribution in [0.4, 0.5) is 5.00 Å². The number of nitrogens with one attached hydrogen (secondary N) is 1. The van der Waals surface area contributed by atoms with Gasteiger partial charge in [0.2, 0.25) is 0 Å². The van der Waals surface area contributed by atoms with Gasteiger partial charge in [-0.2, -0.15) is 0 Å². The summed E-state index contributed by atoms with van der Waals surface area (Å²) in [4.78, 5) is 37.4. The van der Waals surface area contributed by atoms with Crippen LogP contribution in [0.5, 0.6) is 11.5 Å². The highest BCUT2D eigenvalue weighted by Crippen LogP contribution is 2.34. The van der Waals surface area contributed by atoms with E-state index in [4.69, 9.17) is 18.6 Å². The second-order valence-corrected chi connectivity index (χ2v) is 7.97. The predicted molar refractivity (Wildman–Crippen MR) is 124 cm³/mol. The van der Waals surface area contributed by atoms with E-state index in [9.17, 15) is 14.4 Å². The maximum atomic E-state index is 12.7. The van der Waals surface area contributed by atoms with E-state index >= 15 is 0 Å². The highest BCUT2D eigenvalue weighted by atomic mass is 32.1. The van der Waals surface area contributed by atoms with Crippen LogP contribution in [0.25, 0.3) is 0 Å². The van der Waals surface area contributed by atoms with E-state index in [2.05, 4.69) is 5.32 Å². The normalized spacial score (nSPS) is 10.5. The lowest BCUT2D eigenvalue weighted by molar-refractivity contribution is 0.0527. The number of hydrogen-bond donors (Lipinski definition) is 1. The van der Waals surface area contributed by atoms with Crippen LogP contribution < -0.4 is 14.8 Å². The second kappa shape index (κ2) is 10.8. The lowest BCUT2D eigenvalue weighted by atomic mass is 10.1. The molecule has 0 unspecified atom stereocenters. The molecule has 1 amide bonds. The van der Waals surface area contributed by atoms with Crippen molar-refractivity contribution in [1.82, 2.24) is 0 Å². The first-order chi connectivity index (χ1) is 15.8. The molecule has 0 saturated carbocycles. The topological polar surface area (TPSA) is 104 Å². The summed E-state index contributed by atoms with van der Waals surface area (Å²) in [5.74, 6) is 0.529. The summed E-state index contributed by atoms with van der Waals surface area (Å²) in [5, 5.41) is 2.91. The fourth-order valence-corrected chi connectivity index (χ4v) is 4.17. The Kier molecular flexibility index (Phi) is 7.89. The van der Waals surface area contributed by atoms with Gasteiger partial charge >= 0.3 is 5.97 Å². The number of amides is 1. The number of Topliss-reactive ketones (excluding diaryl/α,β-unsaturated/α-hetero) is 1. The maximum absolute atomic E-state index is 12.7. The molecule has 0 atom stereocenters. The first-order valence-electron chi connectivity index (χ1n) is 10.4. The number of carbonyl (C=O) groups excluding carboxylic acids is 3. The lowest BCUT2D eigenvalue weighted by Gasteiger charge is -2.07. The Morgan fingerprint density at radius 1 is 0.970 bits per heavy atom. The number of ether oxygens (including phenoxy) is 3. The third-order valence-electron chi connectivity index (χ3n) is 4.57. The van der Waals surface area contributed by atoms with Gasteiger partial charge in [-0.25, -0.2) is 4.79 Å². The molecule has 3 rings (SSSR count). The first kappa shape index (κ1) is 24.1. The monoisotopic (exact) mass is 471 g/mol. The zero-order valence-corrected chi connectivity index (χ0v) is 19.7. The number of benzene rings is 1. The zero-order chi connectivity index (χ0) is 24.0. The van der Waals surface area contributed by atoms with Crippen molar-refractivity contribution in [2.45, 2.75) is 34.3 Å². The Hall–Kier alpha value is -3.59. The van der Waals surface area contributed by atoms with E-state index < -0.39 is 11.9 Å². The Morgan fingerprint density at radius 2 is 1.64 bits per heavy atom. The molecule has 1 aromatic carbocycles. The van der Waals surface area contributed by atoms with Crippen LogP contribution in [-0.4, -0.2) is 30.9 Å². The van der Waals surface area contributed by atoms with Gasteiger partial charge in [-0.15, -0.1) is 11.3 Å². The second-order valence-electron chi connectivity index (χ2n) is 6.95. The molecule has 0 saturated heterocycles. The highest BCUT2D eigenvalue weighted by Gasteiger charge is 2.26. The highest BCUT2D eigenvalue weighted by molar-refractivity contribution is 7.18. The summed E-state index contributed by atoms with van der Waals surface area (Å²) >= 11 is 1.03. The average molecular weight is 472 g/mol. The number of hydrogen-bond acceptors (Lipinski definition) is 8. The molecule has 3 aromatic rings. The van der Waals surface area contributed by atoms with Gasteiger partial charge in [0.25, 0.3) is 5.91 Å². The molecule has 9 heteroatoms. The fourth-order valence-electron chi connectivity index (χ4n) is 3.08. The average Bonchev–Trinajstić information content (AvgIpc) is 3.38. The maximum Gasteiger partial charge on any atom is 0.341 e. The van der Waals surface area contributed by atoms with E-state index in [0.717, 1.165) is 17.1 Å². The van der Waals surface area contributed by atoms with Crippen molar-refractivity contribution in [3.63, 3.8) is 0 Å². The van der Waals surface area contributed by atoms with Crippen molar-refractivity contribution in [1.29, 1.82) is 0 Å². The minimum Gasteiger partial charge on any atom is -0.494 e. The van der Waals surface area contributed by atoms with Crippen LogP contribution in [0.3, 0.4) is 0 Å². The number of anilines is 1. The molecule has 0 spiro atoms. The van der Waals surface area contributed by atoms with Gasteiger partial charge in [0.05, 0.1) is 23.7 Å². The summed E-state index contributed by atoms with van der Waals surface area (Å²) in [6.07, 6.45) is 0. The first-order valence-corrected chi connectivity index (χ1v) is 11.2. The van der Waals surface area contributed by atoms with E-state index in [1.54, 1.807) is 44.2 Å². The van der Waals surface area contributed by atoms with E-state index in [1.165, 1.54) is 13.0 Å². The summed E-state index contributed by atoms with van der Waals surface area (Å²) in [6.45, 7) is 7.54. The predicted octanol–water partition coefficient (Wildman–Crippen LogP) is 5.26. The summed E-state index contributed by atoms with van der Waals surface area (Å²) in [7, 11) is 0. The van der Waals surface area contributed by atoms with Crippen LogP contribution in [0.1, 0.15) is 62.7 Å². The quantitative estimate of drug-likeness (QED) is 0.318. The number of carbonyl (C=O) groups is 3. The Labute approximate surface area is 195 Å². The minimum atomic E-state index is -0.599. The van der Waals surface area contributed by atoms with Gasteiger partial charge in [0.1, 0.15) is 28.9 Å². The third-order valence-corrected chi connectivity index (χ3v) is 5.88. The molecule has 0 bridgehead atoms. The van der Waals surface area contributed by atoms with Crippen molar-refractivity contribution >= 4 is 34.0 Å². The standard InChI is InChI=1S/C24H25NO7S/c1-5-29-16-7-9-17(10-8-16)31-13-18-11-12-19(32-18)22(27)25-23-20(24(28)30-6-2)14(3)21(33-23)15(4)26/h7-12H,5-6,13H2,1-4H3,(H,25,27). The van der Waals surface area contributed by atoms with Crippen molar-refractivity contribution in [3.8, 4) is 11.5 Å². The Balaban J connectivity index is 1.70. The lowest BCUT2D eigenvalue weighted by Crippen LogP contribution is -2.14. The molecule has 0 fully saturated rings. The van der Waals surface area contributed by atoms with Crippen LogP contribution in [0.2, 0.25) is 0 Å². The number of rotatable bonds is 10. The molecule has 0 radical (unpaired) electrons. The smallest absolute Gasteiger partial charge is 0.341 e. The van der Waals surface area contributed by atoms with Crippen LogP contribution in [-0.2, 0) is 11.3 Å². The fraction of sp³-hybridized carbons (Fsp3) is 0.292. The summed E-state index contributed by atoms with van der Waals surface area (Å²) < 4.78 is 21.8. The molecule has 2 aromatic heterocycles. The summed E-state index contributed by atoms with van der Waals surface area (Å²) in [6, 6.07) is 10.3. The molecule has 0 aliphatic carbocycles. The Morgan fingerprint density at radius 3 is 2.24 bits per heavy atom. The van der Waals surface area contributed by atoms with Crippen LogP contribution in [0.15, 0.2) is 40.8 Å². The van der Waals surface area contributed by atoms with Gasteiger partial charge in [-0.3, -0.25) is 9.59 Å². The van der Waals surface area contributed by atoms with Crippen molar-refractivity contribution in [2.75, 3.05) is 18.5 Å². The molecule has 0 aliphatic heterocycles. The molecule has 33 heavy (non-hydrogen) atoms. The van der Waals surface area contributed by atoms with Crippen molar-refractivity contribution in [2.24, 2.45) is 0 Å². The molecule has 174 valence electrons. The van der Waals surface area contributed by atoms with Crippen LogP contribution in [0, 0.1) is 6.92 Å². The van der Waals surface area contributed by atoms with Crippen molar-refractivity contribution in [3.05, 3.63) is 63.9 Å². The molecular formula is C24H25NO7S. The number of esters is 1. The SMILES string of the molecule is CCOC(=O)c1c(NC(=O)c2ccc(COc3ccc(OCC)cc3)o2)sc(C(C)=O)c1C. The molecule has 2 heterocycles. The van der Waals surface area contributed by atoms with Gasteiger partial charge in [-0.1, -0.05) is 0 Å². The number of thiophene rings is 1. The van der Waals surface area contributed by atoms with E-state index in [0.29, 0.717) is 28.6 Å². The van der Waals surface area contributed by atoms with Gasteiger partial charge in [0.15, 0.2) is 11.5 Å². The largest absolute Gasteiger partial charge is 0.494 e. The molecular weight excluding hydrogens is 446 g/mol. The van der Waals surface area contributed by atoms with E-state index in [-0.39, 0.29) is 35.3 Å². The number of ketones is 1. The van der Waals surface area contributed by atoms with Gasteiger partial charge in [-0.05, 0) is 69.7 Å². The van der Waals surface area contributed by atoms with Crippen molar-refractivity contribution < 1.29 is 33.0 Å². The Bertz CT molecular complexity index is 1140. The zero-order valence-electron chi connectivity index (χ0n) is 18.9. The minimum absolute atomic E-state index is 0.0468. The molecule has 1 N–H and O–H groups in total. The molecule has 8 nitrogen and oxygen atoms in total. The van der Waals surface area contributed by atoms with Gasteiger partial charge in [0, 0.05) is 0 Å². The molecule has 0 aliphatic rings. The third kappa shape index (κ3) is 5.81. The van der Waals surface area contributed by atoms with E-state index in [1.807, 2.05) is 6.92 Å².